The minimum absolute atomic E-state index is 0.00181. The number of hydrogen-bond donors (Lipinski definition) is 1. The van der Waals surface area contributed by atoms with Crippen LogP contribution in [0.15, 0.2) is 59.4 Å². The van der Waals surface area contributed by atoms with Gasteiger partial charge in [0.1, 0.15) is 0 Å². The van der Waals surface area contributed by atoms with Gasteiger partial charge in [-0.25, -0.2) is 0 Å². The number of aromatic amines is 1. The summed E-state index contributed by atoms with van der Waals surface area (Å²) in [6, 6.07) is 18.0. The maximum Gasteiger partial charge on any atom is 0.251 e. The molecule has 0 aliphatic rings. The molecule has 1 N–H and O–H groups in total. The van der Waals surface area contributed by atoms with Gasteiger partial charge < -0.3 is 4.98 Å². The van der Waals surface area contributed by atoms with E-state index in [1.54, 1.807) is 0 Å². The summed E-state index contributed by atoms with van der Waals surface area (Å²) in [6.07, 6.45) is 0.673. The zero-order chi connectivity index (χ0) is 13.2. The van der Waals surface area contributed by atoms with Gasteiger partial charge in [0.25, 0.3) is 5.56 Å². The Labute approximate surface area is 111 Å². The predicted molar refractivity (Wildman–Crippen MR) is 78.6 cm³/mol. The molecule has 0 saturated carbocycles. The fourth-order valence-corrected chi connectivity index (χ4v) is 2.34. The Morgan fingerprint density at radius 3 is 2.53 bits per heavy atom. The molecule has 3 rings (SSSR count). The van der Waals surface area contributed by atoms with Crippen LogP contribution >= 0.6 is 0 Å². The van der Waals surface area contributed by atoms with E-state index in [1.807, 2.05) is 42.5 Å². The van der Waals surface area contributed by atoms with E-state index in [0.717, 1.165) is 16.5 Å². The molecular weight excluding hydrogens is 234 g/mol. The summed E-state index contributed by atoms with van der Waals surface area (Å²) in [5, 5.41) is 1.07. The molecule has 0 aliphatic heterocycles. The summed E-state index contributed by atoms with van der Waals surface area (Å²) in [5.41, 5.74) is 4.12. The summed E-state index contributed by atoms with van der Waals surface area (Å²) in [6.45, 7) is 2.07. The van der Waals surface area contributed by atoms with Crippen LogP contribution in [0.3, 0.4) is 0 Å². The smallest absolute Gasteiger partial charge is 0.251 e. The van der Waals surface area contributed by atoms with Crippen LogP contribution in [-0.2, 0) is 6.42 Å². The van der Waals surface area contributed by atoms with Gasteiger partial charge in [-0.15, -0.1) is 0 Å². The van der Waals surface area contributed by atoms with Crippen LogP contribution in [-0.4, -0.2) is 4.98 Å². The molecule has 2 nitrogen and oxygen atoms in total. The first-order valence-corrected chi connectivity index (χ1v) is 6.39. The van der Waals surface area contributed by atoms with Crippen LogP contribution in [0, 0.1) is 6.92 Å². The second kappa shape index (κ2) is 4.73. The Bertz CT molecular complexity index is 786. The van der Waals surface area contributed by atoms with E-state index in [9.17, 15) is 4.79 Å². The largest absolute Gasteiger partial charge is 0.322 e. The first kappa shape index (κ1) is 11.7. The number of H-pyrrole nitrogens is 1. The number of para-hydroxylation sites is 1. The molecular formula is C17H15NO. The van der Waals surface area contributed by atoms with Crippen molar-refractivity contribution in [3.8, 4) is 0 Å². The van der Waals surface area contributed by atoms with Crippen LogP contribution in [0.25, 0.3) is 10.9 Å². The maximum atomic E-state index is 12.1. The monoisotopic (exact) mass is 249 g/mol. The summed E-state index contributed by atoms with van der Waals surface area (Å²) in [7, 11) is 0. The number of aromatic nitrogens is 1. The molecule has 3 aromatic rings. The van der Waals surface area contributed by atoms with E-state index in [0.29, 0.717) is 6.42 Å². The molecule has 1 heterocycles. The lowest BCUT2D eigenvalue weighted by Crippen LogP contribution is -2.13. The molecule has 0 saturated heterocycles. The van der Waals surface area contributed by atoms with Gasteiger partial charge in [0, 0.05) is 17.5 Å². The Morgan fingerprint density at radius 2 is 1.68 bits per heavy atom. The van der Waals surface area contributed by atoms with Crippen molar-refractivity contribution in [1.29, 1.82) is 0 Å². The average Bonchev–Trinajstić information content (AvgIpc) is 2.42. The minimum atomic E-state index is 0.00181. The number of hydrogen-bond acceptors (Lipinski definition) is 1. The molecule has 1 aromatic heterocycles. The zero-order valence-electron chi connectivity index (χ0n) is 10.8. The van der Waals surface area contributed by atoms with Crippen molar-refractivity contribution < 1.29 is 0 Å². The molecule has 0 unspecified atom stereocenters. The number of rotatable bonds is 2. The quantitative estimate of drug-likeness (QED) is 0.741. The van der Waals surface area contributed by atoms with Gasteiger partial charge >= 0.3 is 0 Å². The summed E-state index contributed by atoms with van der Waals surface area (Å²) < 4.78 is 0. The lowest BCUT2D eigenvalue weighted by Gasteiger charge is -2.06. The first-order valence-electron chi connectivity index (χ1n) is 6.39. The van der Waals surface area contributed by atoms with E-state index in [1.165, 1.54) is 11.1 Å². The van der Waals surface area contributed by atoms with Crippen LogP contribution in [0.5, 0.6) is 0 Å². The molecule has 19 heavy (non-hydrogen) atoms. The fourth-order valence-electron chi connectivity index (χ4n) is 2.34. The van der Waals surface area contributed by atoms with Gasteiger partial charge in [-0.2, -0.15) is 0 Å². The van der Waals surface area contributed by atoms with Crippen molar-refractivity contribution in [1.82, 2.24) is 4.98 Å². The van der Waals surface area contributed by atoms with Crippen molar-refractivity contribution in [2.24, 2.45) is 0 Å². The van der Waals surface area contributed by atoms with Gasteiger partial charge in [-0.1, -0.05) is 42.5 Å². The minimum Gasteiger partial charge on any atom is -0.322 e. The number of fused-ring (bicyclic) bond motifs is 1. The topological polar surface area (TPSA) is 32.9 Å². The molecule has 0 radical (unpaired) electrons. The third kappa shape index (κ3) is 2.29. The number of benzene rings is 2. The van der Waals surface area contributed by atoms with E-state index in [4.69, 9.17) is 0 Å². The van der Waals surface area contributed by atoms with Crippen LogP contribution in [0.4, 0.5) is 0 Å². The Kier molecular flexibility index (Phi) is 2.92. The van der Waals surface area contributed by atoms with Gasteiger partial charge in [0.2, 0.25) is 0 Å². The van der Waals surface area contributed by atoms with E-state index in [-0.39, 0.29) is 5.56 Å². The van der Waals surface area contributed by atoms with Crippen LogP contribution < -0.4 is 5.56 Å². The molecule has 0 atom stereocenters. The molecule has 94 valence electrons. The molecule has 0 spiro atoms. The van der Waals surface area contributed by atoms with Crippen molar-refractivity contribution >= 4 is 10.9 Å². The normalized spacial score (nSPS) is 10.8. The highest BCUT2D eigenvalue weighted by Gasteiger charge is 2.05. The zero-order valence-corrected chi connectivity index (χ0v) is 10.8. The van der Waals surface area contributed by atoms with Gasteiger partial charge in [-0.05, 0) is 35.6 Å². The van der Waals surface area contributed by atoms with E-state index in [2.05, 4.69) is 24.0 Å². The number of nitrogens with one attached hydrogen (secondary N) is 1. The second-order valence-corrected chi connectivity index (χ2v) is 4.81. The van der Waals surface area contributed by atoms with Gasteiger partial charge in [0.15, 0.2) is 0 Å². The molecule has 2 aromatic carbocycles. The second-order valence-electron chi connectivity index (χ2n) is 4.81. The third-order valence-corrected chi connectivity index (χ3v) is 3.47. The molecule has 0 fully saturated rings. The highest BCUT2D eigenvalue weighted by atomic mass is 16.1. The average molecular weight is 249 g/mol. The summed E-state index contributed by atoms with van der Waals surface area (Å²) in [4.78, 5) is 15.0. The number of aryl methyl sites for hydroxylation is 1. The van der Waals surface area contributed by atoms with Crippen LogP contribution in [0.2, 0.25) is 0 Å². The first-order chi connectivity index (χ1) is 9.24. The molecule has 2 heteroatoms. The Morgan fingerprint density at radius 1 is 0.947 bits per heavy atom. The molecule has 0 amide bonds. The fraction of sp³-hybridized carbons (Fsp3) is 0.118. The van der Waals surface area contributed by atoms with Gasteiger partial charge in [-0.3, -0.25) is 4.79 Å². The highest BCUT2D eigenvalue weighted by Crippen LogP contribution is 2.15. The Balaban J connectivity index is 2.08. The summed E-state index contributed by atoms with van der Waals surface area (Å²) >= 11 is 0. The summed E-state index contributed by atoms with van der Waals surface area (Å²) in [5.74, 6) is 0. The molecule has 0 bridgehead atoms. The lowest BCUT2D eigenvalue weighted by atomic mass is 10.0. The predicted octanol–water partition coefficient (Wildman–Crippen LogP) is 3.43. The Hall–Kier alpha value is -2.35. The highest BCUT2D eigenvalue weighted by molar-refractivity contribution is 5.78. The maximum absolute atomic E-state index is 12.1. The van der Waals surface area contributed by atoms with E-state index < -0.39 is 0 Å². The molecule has 0 aliphatic carbocycles. The SMILES string of the molecule is Cc1ccccc1Cc1cc2ccccc2[nH]c1=O. The lowest BCUT2D eigenvalue weighted by molar-refractivity contribution is 1.10. The number of pyridine rings is 1. The standard InChI is InChI=1S/C17H15NO/c1-12-6-2-3-7-13(12)10-15-11-14-8-4-5-9-16(14)18-17(15)19/h2-9,11H,10H2,1H3,(H,18,19). The van der Waals surface area contributed by atoms with Crippen molar-refractivity contribution in [3.63, 3.8) is 0 Å². The van der Waals surface area contributed by atoms with Gasteiger partial charge in [0.05, 0.1) is 0 Å². The third-order valence-electron chi connectivity index (χ3n) is 3.47. The van der Waals surface area contributed by atoms with Crippen molar-refractivity contribution in [2.45, 2.75) is 13.3 Å². The van der Waals surface area contributed by atoms with E-state index >= 15 is 0 Å². The van der Waals surface area contributed by atoms with Crippen molar-refractivity contribution in [3.05, 3.63) is 81.6 Å². The van der Waals surface area contributed by atoms with Crippen LogP contribution in [0.1, 0.15) is 16.7 Å². The van der Waals surface area contributed by atoms with Crippen molar-refractivity contribution in [2.75, 3.05) is 0 Å².